The van der Waals surface area contributed by atoms with Gasteiger partial charge in [-0.3, -0.25) is 0 Å². The Morgan fingerprint density at radius 3 is 2.83 bits per heavy atom. The van der Waals surface area contributed by atoms with Crippen LogP contribution in [0.1, 0.15) is 16.9 Å². The van der Waals surface area contributed by atoms with E-state index in [1.807, 2.05) is 7.05 Å². The van der Waals surface area contributed by atoms with Gasteiger partial charge in [0, 0.05) is 12.7 Å². The lowest BCUT2D eigenvalue weighted by Gasteiger charge is -2.08. The SMILES string of the molecule is CNCCCNC(=O)Nc1cccnc1C(=O)O. The molecule has 0 bridgehead atoms. The maximum Gasteiger partial charge on any atom is 0.356 e. The number of carbonyl (C=O) groups excluding carboxylic acids is 1. The van der Waals surface area contributed by atoms with Crippen LogP contribution >= 0.6 is 0 Å². The minimum absolute atomic E-state index is 0.177. The maximum absolute atomic E-state index is 11.5. The van der Waals surface area contributed by atoms with Gasteiger partial charge in [-0.1, -0.05) is 0 Å². The number of carbonyl (C=O) groups is 2. The first-order valence-electron chi connectivity index (χ1n) is 5.53. The Kier molecular flexibility index (Phi) is 5.59. The van der Waals surface area contributed by atoms with Crippen LogP contribution in [0, 0.1) is 0 Å². The van der Waals surface area contributed by atoms with Crippen LogP contribution in [-0.4, -0.2) is 42.2 Å². The van der Waals surface area contributed by atoms with Gasteiger partial charge in [-0.25, -0.2) is 14.6 Å². The molecule has 0 fully saturated rings. The summed E-state index contributed by atoms with van der Waals surface area (Å²) in [5.74, 6) is -1.18. The lowest BCUT2D eigenvalue weighted by molar-refractivity contribution is 0.0692. The maximum atomic E-state index is 11.5. The van der Waals surface area contributed by atoms with Crippen LogP contribution < -0.4 is 16.0 Å². The Morgan fingerprint density at radius 2 is 2.17 bits per heavy atom. The molecule has 0 aliphatic heterocycles. The van der Waals surface area contributed by atoms with E-state index in [-0.39, 0.29) is 11.4 Å². The van der Waals surface area contributed by atoms with Gasteiger partial charge in [-0.05, 0) is 32.1 Å². The third kappa shape index (κ3) is 4.38. The third-order valence-corrected chi connectivity index (χ3v) is 2.15. The summed E-state index contributed by atoms with van der Waals surface area (Å²) in [7, 11) is 1.83. The lowest BCUT2D eigenvalue weighted by Crippen LogP contribution is -2.31. The number of nitrogens with zero attached hydrogens (tertiary/aromatic N) is 1. The fourth-order valence-electron chi connectivity index (χ4n) is 1.31. The molecule has 1 aromatic rings. The summed E-state index contributed by atoms with van der Waals surface area (Å²) in [6.07, 6.45) is 2.15. The van der Waals surface area contributed by atoms with Crippen LogP contribution in [0.25, 0.3) is 0 Å². The van der Waals surface area contributed by atoms with E-state index in [0.29, 0.717) is 6.54 Å². The van der Waals surface area contributed by atoms with Gasteiger partial charge < -0.3 is 21.1 Å². The number of carboxylic acids is 1. The molecule has 0 aliphatic rings. The van der Waals surface area contributed by atoms with E-state index in [1.54, 1.807) is 6.07 Å². The fourth-order valence-corrected chi connectivity index (χ4v) is 1.31. The van der Waals surface area contributed by atoms with E-state index in [9.17, 15) is 9.59 Å². The first-order valence-corrected chi connectivity index (χ1v) is 5.53. The van der Waals surface area contributed by atoms with Crippen molar-refractivity contribution in [3.63, 3.8) is 0 Å². The van der Waals surface area contributed by atoms with Crippen molar-refractivity contribution in [3.05, 3.63) is 24.0 Å². The summed E-state index contributed by atoms with van der Waals surface area (Å²) >= 11 is 0. The second kappa shape index (κ2) is 7.23. The monoisotopic (exact) mass is 252 g/mol. The van der Waals surface area contributed by atoms with Gasteiger partial charge >= 0.3 is 12.0 Å². The zero-order valence-corrected chi connectivity index (χ0v) is 10.1. The topological polar surface area (TPSA) is 103 Å². The molecule has 0 atom stereocenters. The number of aromatic carboxylic acids is 1. The van der Waals surface area contributed by atoms with Crippen molar-refractivity contribution in [1.29, 1.82) is 0 Å². The van der Waals surface area contributed by atoms with Gasteiger partial charge in [0.05, 0.1) is 5.69 Å². The summed E-state index contributed by atoms with van der Waals surface area (Å²) in [5.41, 5.74) is -0.000934. The number of urea groups is 1. The second-order valence-corrected chi connectivity index (χ2v) is 3.54. The molecular weight excluding hydrogens is 236 g/mol. The van der Waals surface area contributed by atoms with Crippen LogP contribution in [0.4, 0.5) is 10.5 Å². The molecule has 0 saturated heterocycles. The Hall–Kier alpha value is -2.15. The number of aromatic nitrogens is 1. The largest absolute Gasteiger partial charge is 0.476 e. The summed E-state index contributed by atoms with van der Waals surface area (Å²) in [4.78, 5) is 26.0. The van der Waals surface area contributed by atoms with E-state index >= 15 is 0 Å². The number of anilines is 1. The molecule has 1 aromatic heterocycles. The molecule has 0 unspecified atom stereocenters. The zero-order valence-electron chi connectivity index (χ0n) is 10.1. The summed E-state index contributed by atoms with van der Waals surface area (Å²) in [6, 6.07) is 2.61. The highest BCUT2D eigenvalue weighted by Gasteiger charge is 2.12. The van der Waals surface area contributed by atoms with E-state index < -0.39 is 12.0 Å². The number of amides is 2. The van der Waals surface area contributed by atoms with E-state index in [2.05, 4.69) is 20.9 Å². The quantitative estimate of drug-likeness (QED) is 0.552. The number of pyridine rings is 1. The van der Waals surface area contributed by atoms with Gasteiger partial charge in [-0.2, -0.15) is 0 Å². The third-order valence-electron chi connectivity index (χ3n) is 2.15. The molecular formula is C11H16N4O3. The van der Waals surface area contributed by atoms with E-state index in [1.165, 1.54) is 12.3 Å². The van der Waals surface area contributed by atoms with Gasteiger partial charge in [-0.15, -0.1) is 0 Å². The predicted molar refractivity (Wildman–Crippen MR) is 66.8 cm³/mol. The van der Waals surface area contributed by atoms with Crippen molar-refractivity contribution >= 4 is 17.7 Å². The standard InChI is InChI=1S/C11H16N4O3/c1-12-5-3-7-14-11(18)15-8-4-2-6-13-9(8)10(16)17/h2,4,6,12H,3,5,7H2,1H3,(H,16,17)(H2,14,15,18). The Morgan fingerprint density at radius 1 is 1.39 bits per heavy atom. The summed E-state index contributed by atoms with van der Waals surface area (Å²) in [5, 5.41) is 16.9. The first-order chi connectivity index (χ1) is 8.65. The molecule has 18 heavy (non-hydrogen) atoms. The fraction of sp³-hybridized carbons (Fsp3) is 0.364. The smallest absolute Gasteiger partial charge is 0.356 e. The summed E-state index contributed by atoms with van der Waals surface area (Å²) in [6.45, 7) is 1.31. The Labute approximate surface area is 105 Å². The van der Waals surface area contributed by atoms with Crippen molar-refractivity contribution in [2.75, 3.05) is 25.5 Å². The number of nitrogens with one attached hydrogen (secondary N) is 3. The van der Waals surface area contributed by atoms with Gasteiger partial charge in [0.1, 0.15) is 0 Å². The number of rotatable bonds is 6. The minimum Gasteiger partial charge on any atom is -0.476 e. The summed E-state index contributed by atoms with van der Waals surface area (Å²) < 4.78 is 0. The molecule has 98 valence electrons. The number of hydrogen-bond acceptors (Lipinski definition) is 4. The number of carboxylic acid groups (broad SMARTS) is 1. The van der Waals surface area contributed by atoms with E-state index in [0.717, 1.165) is 13.0 Å². The molecule has 0 spiro atoms. The number of hydrogen-bond donors (Lipinski definition) is 4. The molecule has 7 nitrogen and oxygen atoms in total. The molecule has 1 rings (SSSR count). The normalized spacial score (nSPS) is 9.83. The molecule has 0 aliphatic carbocycles. The average Bonchev–Trinajstić information content (AvgIpc) is 2.35. The molecule has 1 heterocycles. The lowest BCUT2D eigenvalue weighted by atomic mass is 10.3. The highest BCUT2D eigenvalue weighted by molar-refractivity contribution is 5.98. The van der Waals surface area contributed by atoms with Crippen molar-refractivity contribution in [1.82, 2.24) is 15.6 Å². The van der Waals surface area contributed by atoms with Gasteiger partial charge in [0.25, 0.3) is 0 Å². The molecule has 0 saturated carbocycles. The van der Waals surface area contributed by atoms with Crippen LogP contribution in [-0.2, 0) is 0 Å². The van der Waals surface area contributed by atoms with Crippen LogP contribution in [0.3, 0.4) is 0 Å². The molecule has 0 radical (unpaired) electrons. The average molecular weight is 252 g/mol. The predicted octanol–water partition coefficient (Wildman–Crippen LogP) is 0.511. The highest BCUT2D eigenvalue weighted by Crippen LogP contribution is 2.11. The molecule has 7 heteroatoms. The van der Waals surface area contributed by atoms with Crippen molar-refractivity contribution in [2.45, 2.75) is 6.42 Å². The Bertz CT molecular complexity index is 423. The van der Waals surface area contributed by atoms with Gasteiger partial charge in [0.15, 0.2) is 5.69 Å². The van der Waals surface area contributed by atoms with Crippen molar-refractivity contribution in [2.24, 2.45) is 0 Å². The van der Waals surface area contributed by atoms with Crippen molar-refractivity contribution in [3.8, 4) is 0 Å². The first kappa shape index (κ1) is 13.9. The second-order valence-electron chi connectivity index (χ2n) is 3.54. The van der Waals surface area contributed by atoms with Gasteiger partial charge in [0.2, 0.25) is 0 Å². The molecule has 4 N–H and O–H groups in total. The zero-order chi connectivity index (χ0) is 13.4. The van der Waals surface area contributed by atoms with Crippen LogP contribution in [0.5, 0.6) is 0 Å². The molecule has 2 amide bonds. The van der Waals surface area contributed by atoms with Crippen LogP contribution in [0.15, 0.2) is 18.3 Å². The minimum atomic E-state index is -1.18. The van der Waals surface area contributed by atoms with Crippen molar-refractivity contribution < 1.29 is 14.7 Å². The highest BCUT2D eigenvalue weighted by atomic mass is 16.4. The van der Waals surface area contributed by atoms with Crippen LogP contribution in [0.2, 0.25) is 0 Å². The molecule has 0 aromatic carbocycles. The Balaban J connectivity index is 2.51. The van der Waals surface area contributed by atoms with E-state index in [4.69, 9.17) is 5.11 Å².